The molecule has 0 aliphatic carbocycles. The fourth-order valence-corrected chi connectivity index (χ4v) is 4.90. The van der Waals surface area contributed by atoms with Crippen LogP contribution in [-0.2, 0) is 26.2 Å². The van der Waals surface area contributed by atoms with Crippen molar-refractivity contribution in [3.63, 3.8) is 0 Å². The molecular weight excluding hydrogens is 497 g/mol. The van der Waals surface area contributed by atoms with Crippen molar-refractivity contribution >= 4 is 0 Å². The van der Waals surface area contributed by atoms with Crippen LogP contribution < -0.4 is 18.9 Å². The zero-order valence-corrected chi connectivity index (χ0v) is 22.7. The van der Waals surface area contributed by atoms with Gasteiger partial charge < -0.3 is 23.5 Å². The molecule has 2 heterocycles. The van der Waals surface area contributed by atoms with Crippen LogP contribution in [0.15, 0.2) is 66.9 Å². The number of rotatable bonds is 12. The standard InChI is InChI=1S/C31H34FN3O4/c1-4-5-13-35-26(17-33-31(35)23-7-6-8-25(32)15-23)20-34(18-22-9-11-29-30(14-22)39-21-38-29)19-24-16-27(36-2)10-12-28(24)37-3/h6-12,14-17H,4-5,13,18-21H2,1-3H3. The first-order chi connectivity index (χ1) is 19.1. The van der Waals surface area contributed by atoms with E-state index in [-0.39, 0.29) is 12.6 Å². The quantitative estimate of drug-likeness (QED) is 0.210. The minimum absolute atomic E-state index is 0.239. The van der Waals surface area contributed by atoms with E-state index in [2.05, 4.69) is 22.5 Å². The van der Waals surface area contributed by atoms with E-state index >= 15 is 0 Å². The summed E-state index contributed by atoms with van der Waals surface area (Å²) in [5.41, 5.74) is 3.95. The molecule has 1 aliphatic rings. The number of unbranched alkanes of at least 4 members (excludes halogenated alkanes) is 1. The second-order valence-electron chi connectivity index (χ2n) is 9.60. The lowest BCUT2D eigenvalue weighted by Gasteiger charge is -2.25. The number of halogens is 1. The van der Waals surface area contributed by atoms with Crippen LogP contribution in [0.4, 0.5) is 4.39 Å². The van der Waals surface area contributed by atoms with Crippen molar-refractivity contribution in [3.05, 3.63) is 89.5 Å². The maximum atomic E-state index is 14.1. The number of methoxy groups -OCH3 is 2. The molecule has 0 atom stereocenters. The fourth-order valence-electron chi connectivity index (χ4n) is 4.90. The smallest absolute Gasteiger partial charge is 0.231 e. The average Bonchev–Trinajstić information content (AvgIpc) is 3.58. The Morgan fingerprint density at radius 2 is 1.82 bits per heavy atom. The number of imidazole rings is 1. The van der Waals surface area contributed by atoms with Crippen LogP contribution in [0.1, 0.15) is 36.6 Å². The van der Waals surface area contributed by atoms with Crippen LogP contribution in [0.3, 0.4) is 0 Å². The van der Waals surface area contributed by atoms with E-state index in [1.165, 1.54) is 6.07 Å². The van der Waals surface area contributed by atoms with E-state index in [1.54, 1.807) is 26.4 Å². The highest BCUT2D eigenvalue weighted by Crippen LogP contribution is 2.34. The van der Waals surface area contributed by atoms with E-state index in [9.17, 15) is 4.39 Å². The Labute approximate surface area is 228 Å². The molecule has 7 nitrogen and oxygen atoms in total. The largest absolute Gasteiger partial charge is 0.497 e. The van der Waals surface area contributed by atoms with E-state index < -0.39 is 0 Å². The van der Waals surface area contributed by atoms with Gasteiger partial charge in [-0.1, -0.05) is 31.5 Å². The average molecular weight is 532 g/mol. The van der Waals surface area contributed by atoms with Gasteiger partial charge >= 0.3 is 0 Å². The third-order valence-electron chi connectivity index (χ3n) is 6.87. The number of benzene rings is 3. The van der Waals surface area contributed by atoms with Crippen LogP contribution in [0, 0.1) is 5.82 Å². The van der Waals surface area contributed by atoms with E-state index in [0.29, 0.717) is 19.6 Å². The van der Waals surface area contributed by atoms with Crippen LogP contribution in [0.5, 0.6) is 23.0 Å². The molecular formula is C31H34FN3O4. The highest BCUT2D eigenvalue weighted by Gasteiger charge is 2.20. The second-order valence-corrected chi connectivity index (χ2v) is 9.60. The van der Waals surface area contributed by atoms with Gasteiger partial charge in [-0.2, -0.15) is 0 Å². The molecule has 8 heteroatoms. The summed E-state index contributed by atoms with van der Waals surface area (Å²) in [5, 5.41) is 0. The van der Waals surface area contributed by atoms with Crippen molar-refractivity contribution in [2.75, 3.05) is 21.0 Å². The van der Waals surface area contributed by atoms with Crippen molar-refractivity contribution in [1.82, 2.24) is 14.5 Å². The van der Waals surface area contributed by atoms with Gasteiger partial charge in [0.1, 0.15) is 23.1 Å². The highest BCUT2D eigenvalue weighted by molar-refractivity contribution is 5.56. The summed E-state index contributed by atoms with van der Waals surface area (Å²) in [6.07, 6.45) is 3.95. The van der Waals surface area contributed by atoms with E-state index in [4.69, 9.17) is 23.9 Å². The summed E-state index contributed by atoms with van der Waals surface area (Å²) < 4.78 is 38.6. The molecule has 0 radical (unpaired) electrons. The predicted octanol–water partition coefficient (Wildman–Crippen LogP) is 6.44. The Bertz CT molecular complexity index is 1420. The normalized spacial score (nSPS) is 12.2. The van der Waals surface area contributed by atoms with Gasteiger partial charge in [0.05, 0.1) is 26.1 Å². The summed E-state index contributed by atoms with van der Waals surface area (Å²) in [7, 11) is 3.34. The Morgan fingerprint density at radius 1 is 0.949 bits per heavy atom. The van der Waals surface area contributed by atoms with Crippen molar-refractivity contribution in [2.45, 2.75) is 45.9 Å². The van der Waals surface area contributed by atoms with Crippen LogP contribution in [0.2, 0.25) is 0 Å². The first-order valence-corrected chi connectivity index (χ1v) is 13.2. The molecule has 39 heavy (non-hydrogen) atoms. The summed E-state index contributed by atoms with van der Waals surface area (Å²) >= 11 is 0. The number of aromatic nitrogens is 2. The van der Waals surface area contributed by atoms with Gasteiger partial charge in [-0.15, -0.1) is 0 Å². The zero-order chi connectivity index (χ0) is 27.2. The highest BCUT2D eigenvalue weighted by atomic mass is 19.1. The molecule has 5 rings (SSSR count). The molecule has 0 bridgehead atoms. The van der Waals surface area contributed by atoms with Gasteiger partial charge in [-0.25, -0.2) is 9.37 Å². The van der Waals surface area contributed by atoms with Gasteiger partial charge in [0, 0.05) is 37.3 Å². The lowest BCUT2D eigenvalue weighted by atomic mass is 10.1. The zero-order valence-electron chi connectivity index (χ0n) is 22.7. The Balaban J connectivity index is 1.49. The number of fused-ring (bicyclic) bond motifs is 1. The number of ether oxygens (including phenoxy) is 4. The third kappa shape index (κ3) is 6.17. The Morgan fingerprint density at radius 3 is 2.62 bits per heavy atom. The maximum Gasteiger partial charge on any atom is 0.231 e. The van der Waals surface area contributed by atoms with E-state index in [0.717, 1.165) is 70.6 Å². The summed E-state index contributed by atoms with van der Waals surface area (Å²) in [6.45, 7) is 5.11. The van der Waals surface area contributed by atoms with Crippen LogP contribution in [-0.4, -0.2) is 35.5 Å². The molecule has 0 spiro atoms. The van der Waals surface area contributed by atoms with Crippen LogP contribution in [0.25, 0.3) is 11.4 Å². The van der Waals surface area contributed by atoms with Crippen molar-refractivity contribution in [1.29, 1.82) is 0 Å². The van der Waals surface area contributed by atoms with Gasteiger partial charge in [-0.3, -0.25) is 4.90 Å². The summed E-state index contributed by atoms with van der Waals surface area (Å²) in [6, 6.07) is 18.5. The lowest BCUT2D eigenvalue weighted by molar-refractivity contribution is 0.174. The molecule has 0 fully saturated rings. The molecule has 0 saturated heterocycles. The third-order valence-corrected chi connectivity index (χ3v) is 6.87. The molecule has 4 aromatic rings. The first-order valence-electron chi connectivity index (χ1n) is 13.2. The van der Waals surface area contributed by atoms with Crippen molar-refractivity contribution in [2.24, 2.45) is 0 Å². The number of hydrogen-bond acceptors (Lipinski definition) is 6. The number of nitrogens with zero attached hydrogens (tertiary/aromatic N) is 3. The van der Waals surface area contributed by atoms with Crippen molar-refractivity contribution < 1.29 is 23.3 Å². The molecule has 0 N–H and O–H groups in total. The second kappa shape index (κ2) is 12.2. The molecule has 0 unspecified atom stereocenters. The minimum Gasteiger partial charge on any atom is -0.497 e. The predicted molar refractivity (Wildman–Crippen MR) is 148 cm³/mol. The summed E-state index contributed by atoms with van der Waals surface area (Å²) in [4.78, 5) is 7.08. The van der Waals surface area contributed by atoms with E-state index in [1.807, 2.05) is 42.6 Å². The monoisotopic (exact) mass is 531 g/mol. The first kappa shape index (κ1) is 26.6. The topological polar surface area (TPSA) is 58.0 Å². The molecule has 0 amide bonds. The van der Waals surface area contributed by atoms with Gasteiger partial charge in [0.25, 0.3) is 0 Å². The lowest BCUT2D eigenvalue weighted by Crippen LogP contribution is -2.24. The minimum atomic E-state index is -0.270. The summed E-state index contributed by atoms with van der Waals surface area (Å²) in [5.74, 6) is 3.60. The van der Waals surface area contributed by atoms with Crippen LogP contribution >= 0.6 is 0 Å². The Kier molecular flexibility index (Phi) is 8.32. The maximum absolute atomic E-state index is 14.1. The fraction of sp³-hybridized carbons (Fsp3) is 0.323. The number of hydrogen-bond donors (Lipinski definition) is 0. The Hall–Kier alpha value is -4.04. The SMILES string of the molecule is CCCCn1c(CN(Cc2ccc3c(c2)OCO3)Cc2cc(OC)ccc2OC)cnc1-c1cccc(F)c1. The molecule has 3 aromatic carbocycles. The molecule has 0 saturated carbocycles. The van der Waals surface area contributed by atoms with Gasteiger partial charge in [0.15, 0.2) is 11.5 Å². The molecule has 1 aromatic heterocycles. The molecule has 204 valence electrons. The van der Waals surface area contributed by atoms with Gasteiger partial charge in [0.2, 0.25) is 6.79 Å². The van der Waals surface area contributed by atoms with Crippen molar-refractivity contribution in [3.8, 4) is 34.4 Å². The van der Waals surface area contributed by atoms with Gasteiger partial charge in [-0.05, 0) is 54.4 Å². The molecule has 1 aliphatic heterocycles.